The molecular weight excluding hydrogens is 443 g/mol. The highest BCUT2D eigenvalue weighted by atomic mass is 32.2. The number of anilines is 2. The first-order valence-corrected chi connectivity index (χ1v) is 11.9. The summed E-state index contributed by atoms with van der Waals surface area (Å²) in [7, 11) is -3.65. The Hall–Kier alpha value is -2.40. The van der Waals surface area contributed by atoms with Crippen LogP contribution in [0, 0.1) is 0 Å². The van der Waals surface area contributed by atoms with E-state index in [9.17, 15) is 21.6 Å². The highest BCUT2D eigenvalue weighted by Crippen LogP contribution is 2.30. The molecular formula is C21H28F3N5O2S. The van der Waals surface area contributed by atoms with Crippen LogP contribution in [0.1, 0.15) is 33.3 Å². The fourth-order valence-electron chi connectivity index (χ4n) is 3.89. The van der Waals surface area contributed by atoms with Crippen molar-refractivity contribution in [3.05, 3.63) is 42.2 Å². The van der Waals surface area contributed by atoms with Crippen LogP contribution in [0.25, 0.3) is 0 Å². The summed E-state index contributed by atoms with van der Waals surface area (Å²) in [6, 6.07) is 5.33. The summed E-state index contributed by atoms with van der Waals surface area (Å²) >= 11 is 0. The Morgan fingerprint density at radius 3 is 1.66 bits per heavy atom. The SMILES string of the molecule is CC(C)N(C(C)C)S(=O)(=O)c1ccc(N2CCN(c3ccc(C(F)(F)F)cn3)CC2)nc1. The summed E-state index contributed by atoms with van der Waals surface area (Å²) < 4.78 is 65.6. The Bertz CT molecular complexity index is 993. The molecule has 0 bridgehead atoms. The Balaban J connectivity index is 1.66. The molecule has 0 aliphatic carbocycles. The quantitative estimate of drug-likeness (QED) is 0.641. The molecule has 176 valence electrons. The molecule has 1 aliphatic rings. The first-order valence-electron chi connectivity index (χ1n) is 10.4. The third-order valence-electron chi connectivity index (χ3n) is 5.32. The van der Waals surface area contributed by atoms with Crippen LogP contribution in [0.5, 0.6) is 0 Å². The van der Waals surface area contributed by atoms with E-state index in [0.29, 0.717) is 37.8 Å². The molecule has 1 saturated heterocycles. The van der Waals surface area contributed by atoms with Gasteiger partial charge in [0.15, 0.2) is 0 Å². The van der Waals surface area contributed by atoms with Gasteiger partial charge in [0.2, 0.25) is 10.0 Å². The average Bonchev–Trinajstić information content (AvgIpc) is 2.72. The number of hydrogen-bond acceptors (Lipinski definition) is 6. The molecule has 32 heavy (non-hydrogen) atoms. The third-order valence-corrected chi connectivity index (χ3v) is 7.55. The van der Waals surface area contributed by atoms with Crippen LogP contribution in [0.15, 0.2) is 41.6 Å². The van der Waals surface area contributed by atoms with Crippen molar-refractivity contribution in [2.75, 3.05) is 36.0 Å². The van der Waals surface area contributed by atoms with Crippen molar-refractivity contribution in [2.45, 2.75) is 50.9 Å². The van der Waals surface area contributed by atoms with Gasteiger partial charge in [-0.3, -0.25) is 0 Å². The lowest BCUT2D eigenvalue weighted by molar-refractivity contribution is -0.137. The van der Waals surface area contributed by atoms with E-state index in [-0.39, 0.29) is 17.0 Å². The smallest absolute Gasteiger partial charge is 0.353 e. The summed E-state index contributed by atoms with van der Waals surface area (Å²) in [5.41, 5.74) is -0.771. The van der Waals surface area contributed by atoms with E-state index in [4.69, 9.17) is 0 Å². The third kappa shape index (κ3) is 5.15. The monoisotopic (exact) mass is 471 g/mol. The minimum Gasteiger partial charge on any atom is -0.353 e. The number of piperazine rings is 1. The molecule has 0 aromatic carbocycles. The van der Waals surface area contributed by atoms with Gasteiger partial charge in [-0.05, 0) is 52.0 Å². The predicted octanol–water partition coefficient (Wildman–Crippen LogP) is 3.63. The number of hydrogen-bond donors (Lipinski definition) is 0. The Morgan fingerprint density at radius 2 is 1.31 bits per heavy atom. The van der Waals surface area contributed by atoms with Crippen molar-refractivity contribution in [3.8, 4) is 0 Å². The molecule has 2 aromatic rings. The summed E-state index contributed by atoms with van der Waals surface area (Å²) in [5, 5.41) is 0. The number of nitrogens with zero attached hydrogens (tertiary/aromatic N) is 5. The van der Waals surface area contributed by atoms with Crippen LogP contribution in [0.4, 0.5) is 24.8 Å². The first-order chi connectivity index (χ1) is 14.9. The maximum atomic E-state index is 13.0. The molecule has 7 nitrogen and oxygen atoms in total. The first kappa shape index (κ1) is 24.2. The van der Waals surface area contributed by atoms with Crippen molar-refractivity contribution in [2.24, 2.45) is 0 Å². The number of alkyl halides is 3. The molecule has 11 heteroatoms. The molecule has 2 aromatic heterocycles. The summed E-state index contributed by atoms with van der Waals surface area (Å²) in [6.45, 7) is 9.66. The van der Waals surface area contributed by atoms with E-state index in [1.54, 1.807) is 12.1 Å². The second-order valence-corrected chi connectivity index (χ2v) is 10.1. The Labute approximate surface area is 186 Å². The molecule has 0 N–H and O–H groups in total. The van der Waals surface area contributed by atoms with Crippen molar-refractivity contribution < 1.29 is 21.6 Å². The maximum Gasteiger partial charge on any atom is 0.417 e. The molecule has 0 saturated carbocycles. The molecule has 1 aliphatic heterocycles. The van der Waals surface area contributed by atoms with Crippen LogP contribution in [0.2, 0.25) is 0 Å². The zero-order valence-corrected chi connectivity index (χ0v) is 19.4. The van der Waals surface area contributed by atoms with Gasteiger partial charge in [0.25, 0.3) is 0 Å². The minimum atomic E-state index is -4.41. The second-order valence-electron chi connectivity index (χ2n) is 8.25. The zero-order chi connectivity index (χ0) is 23.7. The van der Waals surface area contributed by atoms with Gasteiger partial charge in [-0.1, -0.05) is 0 Å². The fourth-order valence-corrected chi connectivity index (χ4v) is 5.67. The van der Waals surface area contributed by atoms with Crippen molar-refractivity contribution >= 4 is 21.7 Å². The van der Waals surface area contributed by atoms with E-state index in [1.807, 2.05) is 37.5 Å². The van der Waals surface area contributed by atoms with Gasteiger partial charge >= 0.3 is 6.18 Å². The number of aromatic nitrogens is 2. The summed E-state index contributed by atoms with van der Waals surface area (Å²) in [4.78, 5) is 12.4. The number of sulfonamides is 1. The summed E-state index contributed by atoms with van der Waals surface area (Å²) in [6.07, 6.45) is -2.18. The zero-order valence-electron chi connectivity index (χ0n) is 18.5. The van der Waals surface area contributed by atoms with Crippen molar-refractivity contribution in [3.63, 3.8) is 0 Å². The number of pyridine rings is 2. The van der Waals surface area contributed by atoms with Gasteiger partial charge < -0.3 is 9.80 Å². The number of halogens is 3. The van der Waals surface area contributed by atoms with Crippen LogP contribution in [-0.4, -0.2) is 61.0 Å². The molecule has 0 unspecified atom stereocenters. The number of rotatable bonds is 6. The lowest BCUT2D eigenvalue weighted by Crippen LogP contribution is -2.47. The maximum absolute atomic E-state index is 13.0. The molecule has 0 spiro atoms. The van der Waals surface area contributed by atoms with Crippen molar-refractivity contribution in [1.82, 2.24) is 14.3 Å². The highest BCUT2D eigenvalue weighted by Gasteiger charge is 2.32. The van der Waals surface area contributed by atoms with Crippen LogP contribution in [0.3, 0.4) is 0 Å². The molecule has 0 amide bonds. The van der Waals surface area contributed by atoms with Crippen LogP contribution < -0.4 is 9.80 Å². The van der Waals surface area contributed by atoms with Gasteiger partial charge in [0.05, 0.1) is 5.56 Å². The van der Waals surface area contributed by atoms with Gasteiger partial charge in [0, 0.05) is 50.7 Å². The molecule has 0 atom stereocenters. The Kier molecular flexibility index (Phi) is 6.99. The topological polar surface area (TPSA) is 69.6 Å². The predicted molar refractivity (Wildman–Crippen MR) is 117 cm³/mol. The second kappa shape index (κ2) is 9.22. The molecule has 3 rings (SSSR count). The van der Waals surface area contributed by atoms with Gasteiger partial charge in [-0.25, -0.2) is 18.4 Å². The van der Waals surface area contributed by atoms with E-state index >= 15 is 0 Å². The molecule has 0 radical (unpaired) electrons. The largest absolute Gasteiger partial charge is 0.417 e. The lowest BCUT2D eigenvalue weighted by Gasteiger charge is -2.36. The van der Waals surface area contributed by atoms with E-state index in [1.165, 1.54) is 16.6 Å². The van der Waals surface area contributed by atoms with Crippen molar-refractivity contribution in [1.29, 1.82) is 0 Å². The van der Waals surface area contributed by atoms with Gasteiger partial charge in [0.1, 0.15) is 16.5 Å². The van der Waals surface area contributed by atoms with Crippen LogP contribution >= 0.6 is 0 Å². The van der Waals surface area contributed by atoms with E-state index < -0.39 is 21.8 Å². The average molecular weight is 472 g/mol. The van der Waals surface area contributed by atoms with Gasteiger partial charge in [-0.15, -0.1) is 0 Å². The summed E-state index contributed by atoms with van der Waals surface area (Å²) in [5.74, 6) is 1.15. The fraction of sp³-hybridized carbons (Fsp3) is 0.524. The highest BCUT2D eigenvalue weighted by molar-refractivity contribution is 7.89. The molecule has 3 heterocycles. The Morgan fingerprint density at radius 1 is 0.844 bits per heavy atom. The van der Waals surface area contributed by atoms with E-state index in [0.717, 1.165) is 12.3 Å². The minimum absolute atomic E-state index is 0.149. The molecule has 1 fully saturated rings. The standard InChI is InChI=1S/C21H28F3N5O2S/c1-15(2)29(16(3)4)32(30,31)18-6-8-20(26-14-18)28-11-9-27(10-12-28)19-7-5-17(13-25-19)21(22,23)24/h5-8,13-16H,9-12H2,1-4H3. The van der Waals surface area contributed by atoms with E-state index in [2.05, 4.69) is 9.97 Å². The normalized spacial score (nSPS) is 15.8. The lowest BCUT2D eigenvalue weighted by atomic mass is 10.2. The van der Waals surface area contributed by atoms with Crippen LogP contribution in [-0.2, 0) is 16.2 Å². The van der Waals surface area contributed by atoms with Gasteiger partial charge in [-0.2, -0.15) is 17.5 Å².